The fourth-order valence-corrected chi connectivity index (χ4v) is 4.80. The van der Waals surface area contributed by atoms with Crippen LogP contribution in [0.1, 0.15) is 50.2 Å². The molecule has 0 N–H and O–H groups in total. The number of fused-ring (bicyclic) bond motifs is 2. The summed E-state index contributed by atoms with van der Waals surface area (Å²) in [7, 11) is 0. The normalized spacial score (nSPS) is 23.1. The Bertz CT molecular complexity index is 635. The molecule has 0 radical (unpaired) electrons. The highest BCUT2D eigenvalue weighted by Gasteiger charge is 2.33. The largest absolute Gasteiger partial charge is 0.303 e. The zero-order valence-electron chi connectivity index (χ0n) is 16.7. The van der Waals surface area contributed by atoms with Gasteiger partial charge in [0.15, 0.2) is 0 Å². The zero-order chi connectivity index (χ0) is 19.1. The minimum Gasteiger partial charge on any atom is -0.303 e. The fourth-order valence-electron chi connectivity index (χ4n) is 4.80. The van der Waals surface area contributed by atoms with E-state index in [4.69, 9.17) is 5.26 Å². The van der Waals surface area contributed by atoms with E-state index in [1.165, 1.54) is 38.2 Å². The van der Waals surface area contributed by atoms with E-state index in [9.17, 15) is 4.79 Å². The Labute approximate surface area is 164 Å². The van der Waals surface area contributed by atoms with Gasteiger partial charge in [0.1, 0.15) is 5.78 Å². The number of Topliss-reactive ketones (excluding diaryl/α,β-unsaturated/α-hetero) is 1. The van der Waals surface area contributed by atoms with Gasteiger partial charge in [0.25, 0.3) is 0 Å². The molecule has 2 saturated heterocycles. The van der Waals surface area contributed by atoms with Gasteiger partial charge < -0.3 is 9.80 Å². The van der Waals surface area contributed by atoms with Crippen LogP contribution >= 0.6 is 0 Å². The van der Waals surface area contributed by atoms with E-state index in [1.807, 2.05) is 12.1 Å². The van der Waals surface area contributed by atoms with Crippen LogP contribution in [0.5, 0.6) is 0 Å². The standard InChI is InChI=1S/C23H33N3O/c1-2-4-23(27)5-3-11-25-15-21-13-22(16-25)18-26(17-21)12-10-19-6-8-20(14-24)9-7-19/h6-9,21-22H,2-5,10-13,15-18H2,1H3. The number of nitriles is 1. The number of hydrogen-bond donors (Lipinski definition) is 0. The SMILES string of the molecule is CCCC(=O)CCCN1CC2CC(C1)CN(CCc1ccc(C#N)cc1)C2. The first-order valence-corrected chi connectivity index (χ1v) is 10.6. The van der Waals surface area contributed by atoms with Crippen LogP contribution in [0.15, 0.2) is 24.3 Å². The summed E-state index contributed by atoms with van der Waals surface area (Å²) in [4.78, 5) is 17.0. The van der Waals surface area contributed by atoms with Crippen molar-refractivity contribution in [2.45, 2.75) is 45.4 Å². The number of benzene rings is 1. The van der Waals surface area contributed by atoms with Crippen molar-refractivity contribution in [2.24, 2.45) is 11.8 Å². The number of piperidine rings is 2. The Kier molecular flexibility index (Phi) is 7.43. The van der Waals surface area contributed by atoms with Gasteiger partial charge in [-0.3, -0.25) is 4.79 Å². The zero-order valence-corrected chi connectivity index (χ0v) is 16.7. The van der Waals surface area contributed by atoms with Crippen LogP contribution < -0.4 is 0 Å². The minimum absolute atomic E-state index is 0.434. The van der Waals surface area contributed by atoms with E-state index in [-0.39, 0.29) is 0 Å². The average Bonchev–Trinajstić information content (AvgIpc) is 2.66. The molecule has 2 heterocycles. The molecule has 0 spiro atoms. The lowest BCUT2D eigenvalue weighted by molar-refractivity contribution is -0.119. The summed E-state index contributed by atoms with van der Waals surface area (Å²) in [6, 6.07) is 10.2. The molecule has 2 aliphatic rings. The molecule has 2 unspecified atom stereocenters. The van der Waals surface area contributed by atoms with Crippen molar-refractivity contribution >= 4 is 5.78 Å². The highest BCUT2D eigenvalue weighted by atomic mass is 16.1. The lowest BCUT2D eigenvalue weighted by Gasteiger charge is -2.46. The van der Waals surface area contributed by atoms with Gasteiger partial charge in [-0.2, -0.15) is 5.26 Å². The van der Waals surface area contributed by atoms with E-state index in [0.717, 1.165) is 62.6 Å². The number of carbonyl (C=O) groups is 1. The lowest BCUT2D eigenvalue weighted by atomic mass is 9.84. The van der Waals surface area contributed by atoms with Crippen LogP contribution in [0.2, 0.25) is 0 Å². The predicted octanol–water partition coefficient (Wildman–Crippen LogP) is 3.50. The second-order valence-electron chi connectivity index (χ2n) is 8.44. The van der Waals surface area contributed by atoms with Gasteiger partial charge in [-0.1, -0.05) is 19.1 Å². The Morgan fingerprint density at radius 1 is 1.04 bits per heavy atom. The number of likely N-dealkylation sites (tertiary alicyclic amines) is 2. The first kappa shape index (κ1) is 20.0. The Morgan fingerprint density at radius 2 is 1.67 bits per heavy atom. The fraction of sp³-hybridized carbons (Fsp3) is 0.652. The molecule has 3 rings (SSSR count). The van der Waals surface area contributed by atoms with E-state index < -0.39 is 0 Å². The summed E-state index contributed by atoms with van der Waals surface area (Å²) in [5.74, 6) is 2.00. The smallest absolute Gasteiger partial charge is 0.132 e. The molecular weight excluding hydrogens is 334 g/mol. The van der Waals surface area contributed by atoms with Crippen molar-refractivity contribution in [3.8, 4) is 6.07 Å². The third kappa shape index (κ3) is 6.16. The van der Waals surface area contributed by atoms with Gasteiger partial charge >= 0.3 is 0 Å². The van der Waals surface area contributed by atoms with E-state index in [1.54, 1.807) is 0 Å². The monoisotopic (exact) mass is 367 g/mol. The number of ketones is 1. The Morgan fingerprint density at radius 3 is 2.26 bits per heavy atom. The van der Waals surface area contributed by atoms with Crippen LogP contribution in [0.4, 0.5) is 0 Å². The maximum Gasteiger partial charge on any atom is 0.132 e. The third-order valence-electron chi connectivity index (χ3n) is 5.99. The molecule has 27 heavy (non-hydrogen) atoms. The summed E-state index contributed by atoms with van der Waals surface area (Å²) in [5.41, 5.74) is 2.06. The van der Waals surface area contributed by atoms with Crippen molar-refractivity contribution in [1.82, 2.24) is 9.80 Å². The van der Waals surface area contributed by atoms with E-state index in [2.05, 4.69) is 34.9 Å². The first-order chi connectivity index (χ1) is 13.2. The van der Waals surface area contributed by atoms with Crippen LogP contribution in [0, 0.1) is 23.2 Å². The highest BCUT2D eigenvalue weighted by Crippen LogP contribution is 2.28. The summed E-state index contributed by atoms with van der Waals surface area (Å²) < 4.78 is 0. The summed E-state index contributed by atoms with van der Waals surface area (Å²) in [6.07, 6.45) is 5.95. The number of carbonyl (C=O) groups excluding carboxylic acids is 1. The third-order valence-corrected chi connectivity index (χ3v) is 5.99. The minimum atomic E-state index is 0.434. The molecule has 1 aromatic carbocycles. The Balaban J connectivity index is 1.39. The van der Waals surface area contributed by atoms with Crippen molar-refractivity contribution < 1.29 is 4.79 Å². The topological polar surface area (TPSA) is 47.3 Å². The van der Waals surface area contributed by atoms with Crippen molar-refractivity contribution in [1.29, 1.82) is 5.26 Å². The Hall–Kier alpha value is -1.70. The summed E-state index contributed by atoms with van der Waals surface area (Å²) in [5, 5.41) is 8.90. The molecular formula is C23H33N3O. The lowest BCUT2D eigenvalue weighted by Crippen LogP contribution is -2.53. The van der Waals surface area contributed by atoms with Crippen LogP contribution in [0.3, 0.4) is 0 Å². The van der Waals surface area contributed by atoms with Gasteiger partial charge in [-0.05, 0) is 61.8 Å². The van der Waals surface area contributed by atoms with Gasteiger partial charge in [0.05, 0.1) is 11.6 Å². The van der Waals surface area contributed by atoms with Crippen molar-refractivity contribution in [2.75, 3.05) is 39.3 Å². The molecule has 146 valence electrons. The molecule has 0 aliphatic carbocycles. The molecule has 2 bridgehead atoms. The van der Waals surface area contributed by atoms with Crippen LogP contribution in [0.25, 0.3) is 0 Å². The average molecular weight is 368 g/mol. The second kappa shape index (κ2) is 10.0. The van der Waals surface area contributed by atoms with Crippen molar-refractivity contribution in [3.63, 3.8) is 0 Å². The van der Waals surface area contributed by atoms with Gasteiger partial charge in [-0.15, -0.1) is 0 Å². The second-order valence-corrected chi connectivity index (χ2v) is 8.44. The molecule has 4 nitrogen and oxygen atoms in total. The summed E-state index contributed by atoms with van der Waals surface area (Å²) in [6.45, 7) is 9.10. The number of rotatable bonds is 9. The molecule has 0 amide bonds. The highest BCUT2D eigenvalue weighted by molar-refractivity contribution is 5.78. The summed E-state index contributed by atoms with van der Waals surface area (Å²) >= 11 is 0. The molecule has 0 saturated carbocycles. The van der Waals surface area contributed by atoms with Crippen LogP contribution in [-0.4, -0.2) is 54.9 Å². The van der Waals surface area contributed by atoms with Gasteiger partial charge in [-0.25, -0.2) is 0 Å². The van der Waals surface area contributed by atoms with E-state index in [0.29, 0.717) is 5.78 Å². The maximum atomic E-state index is 11.7. The first-order valence-electron chi connectivity index (χ1n) is 10.6. The maximum absolute atomic E-state index is 11.7. The molecule has 2 atom stereocenters. The predicted molar refractivity (Wildman–Crippen MR) is 108 cm³/mol. The van der Waals surface area contributed by atoms with Gasteiger partial charge in [0.2, 0.25) is 0 Å². The quantitative estimate of drug-likeness (QED) is 0.670. The molecule has 0 aromatic heterocycles. The molecule has 1 aromatic rings. The molecule has 2 fully saturated rings. The van der Waals surface area contributed by atoms with Crippen molar-refractivity contribution in [3.05, 3.63) is 35.4 Å². The van der Waals surface area contributed by atoms with E-state index >= 15 is 0 Å². The molecule has 4 heteroatoms. The number of nitrogens with zero attached hydrogens (tertiary/aromatic N) is 3. The van der Waals surface area contributed by atoms with Gasteiger partial charge in [0, 0.05) is 45.6 Å². The number of hydrogen-bond acceptors (Lipinski definition) is 4. The molecule has 2 aliphatic heterocycles. The van der Waals surface area contributed by atoms with Crippen LogP contribution in [-0.2, 0) is 11.2 Å².